The standard InChI is InChI=1S/C22H24N2O3/c1-16(27-21(26)19-12-8-11-18(13-19)14-23)20(25)24(22(2,3)4)15-17-9-6-5-7-10-17/h5-13,16H,15H2,1-4H3/t16-/m0/s1. The molecule has 0 aromatic heterocycles. The molecule has 0 radical (unpaired) electrons. The topological polar surface area (TPSA) is 70.4 Å². The summed E-state index contributed by atoms with van der Waals surface area (Å²) in [6, 6.07) is 17.9. The van der Waals surface area contributed by atoms with Crippen LogP contribution in [-0.2, 0) is 16.1 Å². The van der Waals surface area contributed by atoms with E-state index in [9.17, 15) is 9.59 Å². The fourth-order valence-corrected chi connectivity index (χ4v) is 2.63. The second-order valence-electron chi connectivity index (χ2n) is 7.32. The predicted molar refractivity (Wildman–Crippen MR) is 103 cm³/mol. The molecule has 0 aliphatic carbocycles. The first kappa shape index (κ1) is 20.2. The lowest BCUT2D eigenvalue weighted by Gasteiger charge is -2.37. The molecule has 0 fully saturated rings. The van der Waals surface area contributed by atoms with E-state index in [0.717, 1.165) is 5.56 Å². The van der Waals surface area contributed by atoms with Crippen LogP contribution in [0.4, 0.5) is 0 Å². The number of nitrogens with zero attached hydrogens (tertiary/aromatic N) is 2. The van der Waals surface area contributed by atoms with Gasteiger partial charge in [0.1, 0.15) is 0 Å². The van der Waals surface area contributed by atoms with Gasteiger partial charge in [0.15, 0.2) is 6.10 Å². The number of benzene rings is 2. The summed E-state index contributed by atoms with van der Waals surface area (Å²) >= 11 is 0. The minimum absolute atomic E-state index is 0.249. The van der Waals surface area contributed by atoms with E-state index in [-0.39, 0.29) is 11.5 Å². The van der Waals surface area contributed by atoms with Crippen molar-refractivity contribution >= 4 is 11.9 Å². The maximum absolute atomic E-state index is 13.0. The fourth-order valence-electron chi connectivity index (χ4n) is 2.63. The van der Waals surface area contributed by atoms with Crippen LogP contribution in [-0.4, -0.2) is 28.4 Å². The highest BCUT2D eigenvalue weighted by molar-refractivity contribution is 5.92. The summed E-state index contributed by atoms with van der Waals surface area (Å²) in [7, 11) is 0. The van der Waals surface area contributed by atoms with E-state index in [1.54, 1.807) is 30.0 Å². The van der Waals surface area contributed by atoms with Gasteiger partial charge in [-0.05, 0) is 51.5 Å². The second-order valence-corrected chi connectivity index (χ2v) is 7.32. The summed E-state index contributed by atoms with van der Waals surface area (Å²) < 4.78 is 5.37. The van der Waals surface area contributed by atoms with Crippen molar-refractivity contribution in [3.63, 3.8) is 0 Å². The smallest absolute Gasteiger partial charge is 0.338 e. The van der Waals surface area contributed by atoms with Crippen LogP contribution in [0.5, 0.6) is 0 Å². The predicted octanol–water partition coefficient (Wildman–Crippen LogP) is 3.93. The number of nitriles is 1. The molecule has 0 unspecified atom stereocenters. The van der Waals surface area contributed by atoms with Crippen LogP contribution in [0.3, 0.4) is 0 Å². The van der Waals surface area contributed by atoms with Crippen LogP contribution in [0.15, 0.2) is 54.6 Å². The number of rotatable bonds is 5. The zero-order valence-corrected chi connectivity index (χ0v) is 16.1. The molecule has 2 aromatic carbocycles. The van der Waals surface area contributed by atoms with E-state index in [1.165, 1.54) is 6.07 Å². The van der Waals surface area contributed by atoms with Gasteiger partial charge in [-0.1, -0.05) is 36.4 Å². The number of hydrogen-bond donors (Lipinski definition) is 0. The summed E-state index contributed by atoms with van der Waals surface area (Å²) in [5, 5.41) is 8.95. The molecule has 0 aliphatic rings. The molecule has 1 atom stereocenters. The van der Waals surface area contributed by atoms with Gasteiger partial charge in [0.05, 0.1) is 17.2 Å². The molecule has 0 saturated heterocycles. The minimum Gasteiger partial charge on any atom is -0.449 e. The Morgan fingerprint density at radius 3 is 2.37 bits per heavy atom. The maximum Gasteiger partial charge on any atom is 0.338 e. The second kappa shape index (κ2) is 8.50. The molecule has 2 rings (SSSR count). The van der Waals surface area contributed by atoms with Crippen molar-refractivity contribution in [2.75, 3.05) is 0 Å². The molecule has 0 bridgehead atoms. The van der Waals surface area contributed by atoms with E-state index in [2.05, 4.69) is 0 Å². The van der Waals surface area contributed by atoms with Gasteiger partial charge >= 0.3 is 5.97 Å². The average Bonchev–Trinajstić information content (AvgIpc) is 2.65. The monoisotopic (exact) mass is 364 g/mol. The Morgan fingerprint density at radius 2 is 1.78 bits per heavy atom. The van der Waals surface area contributed by atoms with Crippen molar-refractivity contribution in [3.8, 4) is 6.07 Å². The molecule has 0 spiro atoms. The van der Waals surface area contributed by atoms with Gasteiger partial charge in [-0.15, -0.1) is 0 Å². The lowest BCUT2D eigenvalue weighted by molar-refractivity contribution is -0.145. The molecule has 2 aromatic rings. The Bertz CT molecular complexity index is 848. The first-order valence-corrected chi connectivity index (χ1v) is 8.79. The van der Waals surface area contributed by atoms with E-state index in [1.807, 2.05) is 57.2 Å². The third kappa shape index (κ3) is 5.42. The van der Waals surface area contributed by atoms with Gasteiger partial charge in [-0.25, -0.2) is 4.79 Å². The van der Waals surface area contributed by atoms with Gasteiger partial charge in [0, 0.05) is 12.1 Å². The lowest BCUT2D eigenvalue weighted by Crippen LogP contribution is -2.49. The maximum atomic E-state index is 13.0. The highest BCUT2D eigenvalue weighted by Gasteiger charge is 2.31. The van der Waals surface area contributed by atoms with E-state index in [0.29, 0.717) is 12.1 Å². The first-order chi connectivity index (χ1) is 12.7. The number of ether oxygens (including phenoxy) is 1. The van der Waals surface area contributed by atoms with Gasteiger partial charge in [-0.3, -0.25) is 4.79 Å². The number of hydrogen-bond acceptors (Lipinski definition) is 4. The van der Waals surface area contributed by atoms with Crippen LogP contribution in [0.2, 0.25) is 0 Å². The minimum atomic E-state index is -0.939. The summed E-state index contributed by atoms with van der Waals surface area (Å²) in [4.78, 5) is 27.0. The Labute approximate surface area is 160 Å². The normalized spacial score (nSPS) is 12.0. The van der Waals surface area contributed by atoms with Crippen molar-refractivity contribution in [2.24, 2.45) is 0 Å². The average molecular weight is 364 g/mol. The Kier molecular flexibility index (Phi) is 6.36. The lowest BCUT2D eigenvalue weighted by atomic mass is 10.0. The molecule has 140 valence electrons. The fraction of sp³-hybridized carbons (Fsp3) is 0.318. The zero-order valence-electron chi connectivity index (χ0n) is 16.1. The van der Waals surface area contributed by atoms with Crippen molar-refractivity contribution in [2.45, 2.75) is 45.9 Å². The molecule has 5 nitrogen and oxygen atoms in total. The first-order valence-electron chi connectivity index (χ1n) is 8.79. The van der Waals surface area contributed by atoms with Crippen molar-refractivity contribution < 1.29 is 14.3 Å². The number of carbonyl (C=O) groups excluding carboxylic acids is 2. The van der Waals surface area contributed by atoms with Crippen LogP contribution < -0.4 is 0 Å². The van der Waals surface area contributed by atoms with Crippen molar-refractivity contribution in [1.82, 2.24) is 4.90 Å². The Morgan fingerprint density at radius 1 is 1.11 bits per heavy atom. The molecule has 0 N–H and O–H groups in total. The Hall–Kier alpha value is -3.13. The van der Waals surface area contributed by atoms with Gasteiger partial charge < -0.3 is 9.64 Å². The molecule has 5 heteroatoms. The molecular formula is C22H24N2O3. The van der Waals surface area contributed by atoms with E-state index >= 15 is 0 Å². The zero-order chi connectivity index (χ0) is 20.0. The third-order valence-electron chi connectivity index (χ3n) is 4.12. The quantitative estimate of drug-likeness (QED) is 0.754. The van der Waals surface area contributed by atoms with Gasteiger partial charge in [0.25, 0.3) is 5.91 Å². The van der Waals surface area contributed by atoms with Crippen LogP contribution >= 0.6 is 0 Å². The molecular weight excluding hydrogens is 340 g/mol. The summed E-state index contributed by atoms with van der Waals surface area (Å²) in [5.41, 5.74) is 1.18. The van der Waals surface area contributed by atoms with Crippen LogP contribution in [0.1, 0.15) is 49.2 Å². The molecule has 1 amide bonds. The molecule has 27 heavy (non-hydrogen) atoms. The van der Waals surface area contributed by atoms with Crippen molar-refractivity contribution in [1.29, 1.82) is 5.26 Å². The highest BCUT2D eigenvalue weighted by Crippen LogP contribution is 2.20. The van der Waals surface area contributed by atoms with Crippen LogP contribution in [0.25, 0.3) is 0 Å². The summed E-state index contributed by atoms with van der Waals surface area (Å²) in [6.45, 7) is 7.82. The highest BCUT2D eigenvalue weighted by atomic mass is 16.5. The molecule has 0 saturated carbocycles. The van der Waals surface area contributed by atoms with Gasteiger partial charge in [0.2, 0.25) is 0 Å². The van der Waals surface area contributed by atoms with E-state index in [4.69, 9.17) is 10.00 Å². The third-order valence-corrected chi connectivity index (χ3v) is 4.12. The largest absolute Gasteiger partial charge is 0.449 e. The molecule has 0 heterocycles. The summed E-state index contributed by atoms with van der Waals surface area (Å²) in [6.07, 6.45) is -0.939. The van der Waals surface area contributed by atoms with Gasteiger partial charge in [-0.2, -0.15) is 5.26 Å². The number of carbonyl (C=O) groups is 2. The molecule has 0 aliphatic heterocycles. The number of amides is 1. The SMILES string of the molecule is C[C@H](OC(=O)c1cccc(C#N)c1)C(=O)N(Cc1ccccc1)C(C)(C)C. The van der Waals surface area contributed by atoms with Crippen molar-refractivity contribution in [3.05, 3.63) is 71.3 Å². The van der Waals surface area contributed by atoms with E-state index < -0.39 is 17.6 Å². The van der Waals surface area contributed by atoms with Crippen LogP contribution in [0, 0.1) is 11.3 Å². The number of esters is 1. The Balaban J connectivity index is 2.14. The summed E-state index contributed by atoms with van der Waals surface area (Å²) in [5.74, 6) is -0.891.